The normalized spacial score (nSPS) is 11.6. The molecule has 5 aromatic heterocycles. The number of hydrogen-bond donors (Lipinski definition) is 3. The van der Waals surface area contributed by atoms with Crippen LogP contribution >= 0.6 is 11.3 Å². The van der Waals surface area contributed by atoms with E-state index in [4.69, 9.17) is 5.73 Å². The number of nitrogens with two attached hydrogens (primary N) is 1. The van der Waals surface area contributed by atoms with Crippen molar-refractivity contribution in [1.82, 2.24) is 30.1 Å². The van der Waals surface area contributed by atoms with E-state index in [1.54, 1.807) is 36.7 Å². The number of nitrogens with zero attached hydrogens (tertiary/aromatic N) is 4. The lowest BCUT2D eigenvalue weighted by Gasteiger charge is -2.05. The molecule has 6 aromatic rings. The molecule has 4 N–H and O–H groups in total. The van der Waals surface area contributed by atoms with Crippen molar-refractivity contribution in [1.29, 1.82) is 0 Å². The van der Waals surface area contributed by atoms with Crippen LogP contribution in [0.4, 0.5) is 14.5 Å². The molecule has 0 saturated heterocycles. The Morgan fingerprint density at radius 3 is 2.72 bits per heavy atom. The topological polar surface area (TPSA) is 109 Å². The monoisotopic (exact) mass is 445 g/mol. The Bertz CT molecular complexity index is 1630. The van der Waals surface area contributed by atoms with Crippen molar-refractivity contribution in [2.24, 2.45) is 0 Å². The van der Waals surface area contributed by atoms with Crippen LogP contribution in [-0.2, 0) is 0 Å². The van der Waals surface area contributed by atoms with Crippen LogP contribution < -0.4 is 5.73 Å². The maximum atomic E-state index is 14.8. The predicted molar refractivity (Wildman–Crippen MR) is 120 cm³/mol. The van der Waals surface area contributed by atoms with E-state index in [1.807, 2.05) is 0 Å². The van der Waals surface area contributed by atoms with Crippen molar-refractivity contribution in [3.8, 4) is 33.1 Å². The minimum Gasteiger partial charge on any atom is -0.397 e. The molecule has 0 fully saturated rings. The maximum absolute atomic E-state index is 14.8. The zero-order chi connectivity index (χ0) is 21.8. The quantitative estimate of drug-likeness (QED) is 0.349. The van der Waals surface area contributed by atoms with Crippen molar-refractivity contribution < 1.29 is 8.78 Å². The van der Waals surface area contributed by atoms with Crippen molar-refractivity contribution in [3.05, 3.63) is 65.9 Å². The third-order valence-electron chi connectivity index (χ3n) is 5.18. The highest BCUT2D eigenvalue weighted by Gasteiger charge is 2.18. The number of anilines is 1. The van der Waals surface area contributed by atoms with Gasteiger partial charge in [-0.3, -0.25) is 10.1 Å². The molecule has 0 aliphatic rings. The van der Waals surface area contributed by atoms with Gasteiger partial charge < -0.3 is 10.7 Å². The van der Waals surface area contributed by atoms with Gasteiger partial charge in [0, 0.05) is 51.6 Å². The van der Waals surface area contributed by atoms with Crippen LogP contribution in [0.1, 0.15) is 0 Å². The molecule has 0 unspecified atom stereocenters. The van der Waals surface area contributed by atoms with Crippen molar-refractivity contribution in [3.63, 3.8) is 0 Å². The molecule has 32 heavy (non-hydrogen) atoms. The Morgan fingerprint density at radius 2 is 1.91 bits per heavy atom. The number of aromatic nitrogens is 6. The second kappa shape index (κ2) is 6.92. The largest absolute Gasteiger partial charge is 0.397 e. The van der Waals surface area contributed by atoms with Gasteiger partial charge in [-0.05, 0) is 30.3 Å². The van der Waals surface area contributed by atoms with E-state index in [2.05, 4.69) is 30.1 Å². The molecule has 6 rings (SSSR count). The third kappa shape index (κ3) is 2.92. The highest BCUT2D eigenvalue weighted by atomic mass is 32.1. The SMILES string of the molecule is Nc1cncc(-c2cc3c(-c4nc5nccc(-c6ccc(F)s6)c5[nH]4)n[nH]c3cc2F)c1. The average Bonchev–Trinajstić information content (AvgIpc) is 3.50. The van der Waals surface area contributed by atoms with Crippen molar-refractivity contribution in [2.75, 3.05) is 5.73 Å². The zero-order valence-electron chi connectivity index (χ0n) is 16.2. The van der Waals surface area contributed by atoms with E-state index >= 15 is 0 Å². The average molecular weight is 445 g/mol. The summed E-state index contributed by atoms with van der Waals surface area (Å²) in [6.07, 6.45) is 4.68. The van der Waals surface area contributed by atoms with Gasteiger partial charge in [0.05, 0.1) is 16.7 Å². The highest BCUT2D eigenvalue weighted by Crippen LogP contribution is 2.35. The molecule has 0 bridgehead atoms. The number of benzene rings is 1. The first-order valence-electron chi connectivity index (χ1n) is 9.56. The number of fused-ring (bicyclic) bond motifs is 2. The number of nitrogens with one attached hydrogen (secondary N) is 2. The zero-order valence-corrected chi connectivity index (χ0v) is 17.0. The molecular weight excluding hydrogens is 432 g/mol. The number of pyridine rings is 2. The summed E-state index contributed by atoms with van der Waals surface area (Å²) in [5, 5.41) is 7.61. The maximum Gasteiger partial charge on any atom is 0.178 e. The first-order valence-corrected chi connectivity index (χ1v) is 10.4. The first-order chi connectivity index (χ1) is 15.6. The van der Waals surface area contributed by atoms with E-state index in [9.17, 15) is 8.78 Å². The van der Waals surface area contributed by atoms with Gasteiger partial charge in [0.2, 0.25) is 0 Å². The van der Waals surface area contributed by atoms with E-state index in [0.29, 0.717) is 50.4 Å². The first kappa shape index (κ1) is 18.6. The van der Waals surface area contributed by atoms with E-state index in [0.717, 1.165) is 21.8 Å². The van der Waals surface area contributed by atoms with Gasteiger partial charge in [-0.1, -0.05) is 0 Å². The van der Waals surface area contributed by atoms with Crippen molar-refractivity contribution in [2.45, 2.75) is 0 Å². The van der Waals surface area contributed by atoms with Crippen LogP contribution in [0.15, 0.2) is 55.0 Å². The molecule has 0 saturated carbocycles. The third-order valence-corrected chi connectivity index (χ3v) is 6.08. The number of aromatic amines is 2. The van der Waals surface area contributed by atoms with Crippen LogP contribution in [0.2, 0.25) is 0 Å². The van der Waals surface area contributed by atoms with Crippen LogP contribution in [0.5, 0.6) is 0 Å². The molecular formula is C22H13F2N7S. The van der Waals surface area contributed by atoms with Crippen LogP contribution in [0.3, 0.4) is 0 Å². The number of thiophene rings is 1. The second-order valence-corrected chi connectivity index (χ2v) is 8.24. The van der Waals surface area contributed by atoms with Gasteiger partial charge in [-0.15, -0.1) is 11.3 Å². The summed E-state index contributed by atoms with van der Waals surface area (Å²) in [4.78, 5) is 17.0. The van der Waals surface area contributed by atoms with E-state index in [1.165, 1.54) is 18.3 Å². The molecule has 5 heterocycles. The van der Waals surface area contributed by atoms with Crippen LogP contribution in [0.25, 0.3) is 55.2 Å². The molecule has 0 aliphatic heterocycles. The fourth-order valence-electron chi connectivity index (χ4n) is 3.73. The molecule has 0 spiro atoms. The molecule has 1 aromatic carbocycles. The Kier molecular flexibility index (Phi) is 4.02. The lowest BCUT2D eigenvalue weighted by atomic mass is 10.0. The van der Waals surface area contributed by atoms with Crippen LogP contribution in [-0.4, -0.2) is 30.1 Å². The molecule has 0 aliphatic carbocycles. The Balaban J connectivity index is 1.53. The molecule has 0 atom stereocenters. The lowest BCUT2D eigenvalue weighted by molar-refractivity contribution is 0.632. The van der Waals surface area contributed by atoms with E-state index in [-0.39, 0.29) is 5.13 Å². The number of imidazole rings is 1. The van der Waals surface area contributed by atoms with Gasteiger partial charge in [0.1, 0.15) is 11.5 Å². The van der Waals surface area contributed by atoms with Gasteiger partial charge in [-0.2, -0.15) is 9.49 Å². The molecule has 156 valence electrons. The summed E-state index contributed by atoms with van der Waals surface area (Å²) >= 11 is 1.05. The molecule has 10 heteroatoms. The summed E-state index contributed by atoms with van der Waals surface area (Å²) in [6.45, 7) is 0. The smallest absolute Gasteiger partial charge is 0.178 e. The van der Waals surface area contributed by atoms with Gasteiger partial charge in [0.25, 0.3) is 0 Å². The summed E-state index contributed by atoms with van der Waals surface area (Å²) in [5.41, 5.74) is 10.1. The number of rotatable bonds is 3. The summed E-state index contributed by atoms with van der Waals surface area (Å²) < 4.78 is 28.4. The second-order valence-electron chi connectivity index (χ2n) is 7.20. The Labute approximate surface area is 183 Å². The highest BCUT2D eigenvalue weighted by molar-refractivity contribution is 7.14. The minimum absolute atomic E-state index is 0.270. The fraction of sp³-hybridized carbons (Fsp3) is 0. The number of nitrogen functional groups attached to an aromatic ring is 1. The number of hydrogen-bond acceptors (Lipinski definition) is 6. The number of H-pyrrole nitrogens is 2. The van der Waals surface area contributed by atoms with Gasteiger partial charge in [-0.25, -0.2) is 14.4 Å². The summed E-state index contributed by atoms with van der Waals surface area (Å²) in [5.74, 6) is 0.0415. The standard InChI is InChI=1S/C22H13F2N7S/c23-15-7-16-14(6-13(15)10-5-11(25)9-26-8-10)20(31-30-16)22-28-19-12(3-4-27-21(19)29-22)17-1-2-18(24)32-17/h1-9H,25H2,(H,30,31)(H,27,28,29). The fourth-order valence-corrected chi connectivity index (χ4v) is 4.49. The summed E-state index contributed by atoms with van der Waals surface area (Å²) in [6, 6.07) is 9.67. The predicted octanol–water partition coefficient (Wildman–Crippen LogP) is 5.15. The summed E-state index contributed by atoms with van der Waals surface area (Å²) in [7, 11) is 0. The molecule has 0 radical (unpaired) electrons. The molecule has 0 amide bonds. The lowest BCUT2D eigenvalue weighted by Crippen LogP contribution is -1.90. The Hall–Kier alpha value is -4.18. The van der Waals surface area contributed by atoms with E-state index < -0.39 is 5.82 Å². The Morgan fingerprint density at radius 1 is 1.00 bits per heavy atom. The van der Waals surface area contributed by atoms with Gasteiger partial charge >= 0.3 is 0 Å². The minimum atomic E-state index is -0.423. The van der Waals surface area contributed by atoms with Crippen molar-refractivity contribution >= 4 is 39.1 Å². The molecule has 7 nitrogen and oxygen atoms in total. The van der Waals surface area contributed by atoms with Gasteiger partial charge in [0.15, 0.2) is 16.6 Å². The number of halogens is 2. The van der Waals surface area contributed by atoms with Crippen LogP contribution in [0, 0.1) is 10.9 Å².